The van der Waals surface area contributed by atoms with Crippen LogP contribution >= 0.6 is 23.2 Å². The molecule has 8 heteroatoms. The lowest BCUT2D eigenvalue weighted by Crippen LogP contribution is -2.20. The van der Waals surface area contributed by atoms with E-state index in [1.807, 2.05) is 0 Å². The number of aryl methyl sites for hydroxylation is 1. The molecule has 3 aromatic carbocycles. The number of nitrogens with one attached hydrogen (secondary N) is 2. The summed E-state index contributed by atoms with van der Waals surface area (Å²) in [5, 5.41) is 6.21. The molecule has 0 heterocycles. The van der Waals surface area contributed by atoms with E-state index in [1.165, 1.54) is 6.07 Å². The Kier molecular flexibility index (Phi) is 6.47. The maximum atomic E-state index is 12.9. The summed E-state index contributed by atoms with van der Waals surface area (Å²) in [6, 6.07) is 17.7. The van der Waals surface area contributed by atoms with E-state index in [9.17, 15) is 13.2 Å². The van der Waals surface area contributed by atoms with Crippen LogP contribution in [0.15, 0.2) is 71.6 Å². The standard InChI is InChI=1S/C21H18Cl2N2O3S/c1-14-6-11-17(24-21(26)25-19-5-3-2-4-18(19)23)12-20(14)29(27,28)13-15-7-9-16(22)10-8-15/h2-12H,13H2,1H3,(H2,24,25,26). The van der Waals surface area contributed by atoms with Crippen molar-refractivity contribution in [3.05, 3.63) is 87.9 Å². The second-order valence-electron chi connectivity index (χ2n) is 6.42. The Bertz CT molecular complexity index is 1150. The first-order valence-corrected chi connectivity index (χ1v) is 11.1. The Morgan fingerprint density at radius 2 is 1.62 bits per heavy atom. The van der Waals surface area contributed by atoms with E-state index < -0.39 is 15.9 Å². The summed E-state index contributed by atoms with van der Waals surface area (Å²) >= 11 is 11.9. The predicted molar refractivity (Wildman–Crippen MR) is 118 cm³/mol. The minimum absolute atomic E-state index is 0.156. The van der Waals surface area contributed by atoms with Crippen LogP contribution in [0.4, 0.5) is 16.2 Å². The molecule has 0 saturated heterocycles. The lowest BCUT2D eigenvalue weighted by molar-refractivity contribution is 0.262. The maximum absolute atomic E-state index is 12.9. The number of halogens is 2. The van der Waals surface area contributed by atoms with E-state index in [-0.39, 0.29) is 10.6 Å². The molecule has 0 radical (unpaired) electrons. The average molecular weight is 449 g/mol. The molecule has 150 valence electrons. The van der Waals surface area contributed by atoms with Crippen LogP contribution in [0.3, 0.4) is 0 Å². The van der Waals surface area contributed by atoms with Gasteiger partial charge in [0.2, 0.25) is 0 Å². The third-order valence-electron chi connectivity index (χ3n) is 4.17. The molecule has 3 aromatic rings. The van der Waals surface area contributed by atoms with Crippen molar-refractivity contribution >= 4 is 50.4 Å². The molecule has 0 bridgehead atoms. The van der Waals surface area contributed by atoms with Crippen LogP contribution in [0.5, 0.6) is 0 Å². The topological polar surface area (TPSA) is 75.3 Å². The highest BCUT2D eigenvalue weighted by molar-refractivity contribution is 7.90. The van der Waals surface area contributed by atoms with Crippen molar-refractivity contribution in [2.75, 3.05) is 10.6 Å². The van der Waals surface area contributed by atoms with E-state index in [0.717, 1.165) is 0 Å². The summed E-state index contributed by atoms with van der Waals surface area (Å²) in [5.41, 5.74) is 2.03. The van der Waals surface area contributed by atoms with Crippen molar-refractivity contribution in [3.8, 4) is 0 Å². The van der Waals surface area contributed by atoms with Crippen LogP contribution in [0.1, 0.15) is 11.1 Å². The van der Waals surface area contributed by atoms with Gasteiger partial charge in [0.25, 0.3) is 0 Å². The Morgan fingerprint density at radius 1 is 0.931 bits per heavy atom. The largest absolute Gasteiger partial charge is 0.323 e. The van der Waals surface area contributed by atoms with Crippen molar-refractivity contribution in [2.24, 2.45) is 0 Å². The molecule has 5 nitrogen and oxygen atoms in total. The molecule has 0 aliphatic rings. The quantitative estimate of drug-likeness (QED) is 0.508. The summed E-state index contributed by atoms with van der Waals surface area (Å²) in [5.74, 6) is -0.166. The predicted octanol–water partition coefficient (Wildman–Crippen LogP) is 5.92. The van der Waals surface area contributed by atoms with Gasteiger partial charge in [0.1, 0.15) is 0 Å². The van der Waals surface area contributed by atoms with Gasteiger partial charge in [0, 0.05) is 10.7 Å². The van der Waals surface area contributed by atoms with Crippen LogP contribution < -0.4 is 10.6 Å². The van der Waals surface area contributed by atoms with Gasteiger partial charge in [0.05, 0.1) is 21.4 Å². The van der Waals surface area contributed by atoms with E-state index in [1.54, 1.807) is 67.6 Å². The highest BCUT2D eigenvalue weighted by Gasteiger charge is 2.19. The Labute approximate surface area is 179 Å². The third-order valence-corrected chi connectivity index (χ3v) is 6.58. The van der Waals surface area contributed by atoms with Gasteiger partial charge in [-0.05, 0) is 54.4 Å². The number of hydrogen-bond acceptors (Lipinski definition) is 3. The number of carbonyl (C=O) groups excluding carboxylic acids is 1. The molecule has 0 atom stereocenters. The fraction of sp³-hybridized carbons (Fsp3) is 0.0952. The summed E-state index contributed by atoms with van der Waals surface area (Å²) in [7, 11) is -3.62. The van der Waals surface area contributed by atoms with Crippen molar-refractivity contribution in [2.45, 2.75) is 17.6 Å². The van der Waals surface area contributed by atoms with E-state index >= 15 is 0 Å². The molecule has 0 spiro atoms. The number of sulfone groups is 1. The lowest BCUT2D eigenvalue weighted by Gasteiger charge is -2.12. The Balaban J connectivity index is 1.79. The molecule has 0 unspecified atom stereocenters. The third kappa shape index (κ3) is 5.50. The van der Waals surface area contributed by atoms with E-state index in [4.69, 9.17) is 23.2 Å². The molecule has 29 heavy (non-hydrogen) atoms. The second-order valence-corrected chi connectivity index (χ2v) is 9.23. The van der Waals surface area contributed by atoms with Gasteiger partial charge in [-0.15, -0.1) is 0 Å². The minimum atomic E-state index is -3.62. The molecule has 0 aromatic heterocycles. The van der Waals surface area contributed by atoms with Gasteiger partial charge in [-0.3, -0.25) is 0 Å². The van der Waals surface area contributed by atoms with Crippen LogP contribution in [0.25, 0.3) is 0 Å². The molecular formula is C21H18Cl2N2O3S. The normalized spacial score (nSPS) is 11.1. The lowest BCUT2D eigenvalue weighted by atomic mass is 10.2. The molecule has 0 saturated carbocycles. The second kappa shape index (κ2) is 8.86. The molecule has 0 fully saturated rings. The molecule has 2 N–H and O–H groups in total. The zero-order chi connectivity index (χ0) is 21.0. The summed E-state index contributed by atoms with van der Waals surface area (Å²) in [6.07, 6.45) is 0. The molecule has 2 amide bonds. The first-order chi connectivity index (χ1) is 13.7. The van der Waals surface area contributed by atoms with Gasteiger partial charge in [0.15, 0.2) is 9.84 Å². The van der Waals surface area contributed by atoms with Crippen LogP contribution in [-0.4, -0.2) is 14.4 Å². The number of anilines is 2. The highest BCUT2D eigenvalue weighted by Crippen LogP contribution is 2.25. The van der Waals surface area contributed by atoms with Gasteiger partial charge < -0.3 is 10.6 Å². The number of rotatable bonds is 5. The van der Waals surface area contributed by atoms with Crippen molar-refractivity contribution < 1.29 is 13.2 Å². The zero-order valence-corrected chi connectivity index (χ0v) is 17.8. The SMILES string of the molecule is Cc1ccc(NC(=O)Nc2ccccc2Cl)cc1S(=O)(=O)Cc1ccc(Cl)cc1. The van der Waals surface area contributed by atoms with Crippen molar-refractivity contribution in [3.63, 3.8) is 0 Å². The summed E-state index contributed by atoms with van der Waals surface area (Å²) in [4.78, 5) is 12.4. The fourth-order valence-electron chi connectivity index (χ4n) is 2.74. The number of amides is 2. The molecule has 0 aliphatic heterocycles. The number of hydrogen-bond donors (Lipinski definition) is 2. The van der Waals surface area contributed by atoms with Crippen LogP contribution in [-0.2, 0) is 15.6 Å². The van der Waals surface area contributed by atoms with Crippen LogP contribution in [0.2, 0.25) is 10.0 Å². The fourth-order valence-corrected chi connectivity index (χ4v) is 4.70. The number of para-hydroxylation sites is 1. The Hall–Kier alpha value is -2.54. The molecule has 0 aliphatic carbocycles. The van der Waals surface area contributed by atoms with Crippen molar-refractivity contribution in [1.82, 2.24) is 0 Å². The van der Waals surface area contributed by atoms with Crippen molar-refractivity contribution in [1.29, 1.82) is 0 Å². The molecule has 3 rings (SSSR count). The van der Waals surface area contributed by atoms with E-state index in [2.05, 4.69) is 10.6 Å². The zero-order valence-electron chi connectivity index (χ0n) is 15.4. The summed E-state index contributed by atoms with van der Waals surface area (Å²) in [6.45, 7) is 1.71. The van der Waals surface area contributed by atoms with Crippen LogP contribution in [0, 0.1) is 6.92 Å². The van der Waals surface area contributed by atoms with E-state index in [0.29, 0.717) is 32.5 Å². The smallest absolute Gasteiger partial charge is 0.308 e. The van der Waals surface area contributed by atoms with Gasteiger partial charge in [-0.25, -0.2) is 13.2 Å². The first-order valence-electron chi connectivity index (χ1n) is 8.65. The van der Waals surface area contributed by atoms with Gasteiger partial charge in [-0.2, -0.15) is 0 Å². The summed E-state index contributed by atoms with van der Waals surface area (Å²) < 4.78 is 25.8. The monoisotopic (exact) mass is 448 g/mol. The number of urea groups is 1. The Morgan fingerprint density at radius 3 is 2.31 bits per heavy atom. The number of benzene rings is 3. The minimum Gasteiger partial charge on any atom is -0.308 e. The highest BCUT2D eigenvalue weighted by atomic mass is 35.5. The maximum Gasteiger partial charge on any atom is 0.323 e. The molecular weight excluding hydrogens is 431 g/mol. The average Bonchev–Trinajstić information content (AvgIpc) is 2.67. The van der Waals surface area contributed by atoms with Gasteiger partial charge in [-0.1, -0.05) is 53.5 Å². The van der Waals surface area contributed by atoms with Gasteiger partial charge >= 0.3 is 6.03 Å². The number of carbonyl (C=O) groups is 1. The first kappa shape index (κ1) is 21.2.